The second-order valence-electron chi connectivity index (χ2n) is 3.93. The van der Waals surface area contributed by atoms with Crippen molar-refractivity contribution in [2.24, 2.45) is 0 Å². The average Bonchev–Trinajstić information content (AvgIpc) is 2.21. The fourth-order valence-electron chi connectivity index (χ4n) is 1.78. The van der Waals surface area contributed by atoms with Crippen molar-refractivity contribution in [2.45, 2.75) is 44.9 Å². The summed E-state index contributed by atoms with van der Waals surface area (Å²) in [6.45, 7) is 0.615. The van der Waals surface area contributed by atoms with E-state index >= 15 is 0 Å². The molecule has 0 radical (unpaired) electrons. The summed E-state index contributed by atoms with van der Waals surface area (Å²) >= 11 is 4.13. The van der Waals surface area contributed by atoms with Crippen molar-refractivity contribution in [3.63, 3.8) is 0 Å². The third-order valence-electron chi connectivity index (χ3n) is 2.67. The van der Waals surface area contributed by atoms with Gasteiger partial charge in [0.25, 0.3) is 0 Å². The van der Waals surface area contributed by atoms with Crippen LogP contribution in [0.4, 0.5) is 0 Å². The number of thiol groups is 1. The Morgan fingerprint density at radius 1 is 1.00 bits per heavy atom. The Labute approximate surface area is 96.6 Å². The van der Waals surface area contributed by atoms with Crippen LogP contribution in [-0.2, 0) is 9.59 Å². The van der Waals surface area contributed by atoms with Crippen LogP contribution in [0.1, 0.15) is 44.9 Å². The first-order valence-electron chi connectivity index (χ1n) is 5.70. The highest BCUT2D eigenvalue weighted by Crippen LogP contribution is 2.13. The van der Waals surface area contributed by atoms with Gasteiger partial charge in [-0.1, -0.05) is 12.8 Å². The van der Waals surface area contributed by atoms with E-state index in [0.29, 0.717) is 19.4 Å². The lowest BCUT2D eigenvalue weighted by Crippen LogP contribution is -2.40. The molecular formula is C11H19NO2S. The molecule has 1 aliphatic heterocycles. The van der Waals surface area contributed by atoms with Crippen molar-refractivity contribution in [3.8, 4) is 0 Å². The van der Waals surface area contributed by atoms with E-state index in [1.807, 2.05) is 0 Å². The first-order valence-corrected chi connectivity index (χ1v) is 6.33. The molecule has 0 aromatic heterocycles. The van der Waals surface area contributed by atoms with E-state index in [4.69, 9.17) is 0 Å². The third-order valence-corrected chi connectivity index (χ3v) is 2.99. The van der Waals surface area contributed by atoms with Crippen LogP contribution in [0.15, 0.2) is 0 Å². The van der Waals surface area contributed by atoms with Crippen LogP contribution < -0.4 is 0 Å². The quantitative estimate of drug-likeness (QED) is 0.430. The van der Waals surface area contributed by atoms with Gasteiger partial charge in [-0.2, -0.15) is 12.6 Å². The Bertz CT molecular complexity index is 215. The normalized spacial score (nSPS) is 17.3. The topological polar surface area (TPSA) is 37.4 Å². The van der Waals surface area contributed by atoms with E-state index in [9.17, 15) is 9.59 Å². The van der Waals surface area contributed by atoms with Gasteiger partial charge in [-0.15, -0.1) is 0 Å². The number of hydrogen-bond acceptors (Lipinski definition) is 3. The lowest BCUT2D eigenvalue weighted by Gasteiger charge is -2.24. The van der Waals surface area contributed by atoms with E-state index in [-0.39, 0.29) is 11.8 Å². The number of likely N-dealkylation sites (tertiary alicyclic amines) is 1. The number of hydrogen-bond donors (Lipinski definition) is 1. The van der Waals surface area contributed by atoms with E-state index in [1.54, 1.807) is 0 Å². The van der Waals surface area contributed by atoms with Crippen LogP contribution in [0.5, 0.6) is 0 Å². The molecule has 0 bridgehead atoms. The maximum atomic E-state index is 11.4. The SMILES string of the molecule is O=C1CCCC(=O)N1CCCCCCS. The Hall–Kier alpha value is -0.510. The largest absolute Gasteiger partial charge is 0.283 e. The zero-order chi connectivity index (χ0) is 11.1. The molecule has 0 aliphatic carbocycles. The molecule has 1 heterocycles. The zero-order valence-electron chi connectivity index (χ0n) is 9.07. The Balaban J connectivity index is 2.18. The molecule has 0 aromatic rings. The van der Waals surface area contributed by atoms with Gasteiger partial charge in [-0.3, -0.25) is 14.5 Å². The van der Waals surface area contributed by atoms with Crippen LogP contribution in [0.25, 0.3) is 0 Å². The summed E-state index contributed by atoms with van der Waals surface area (Å²) in [5.74, 6) is 0.947. The van der Waals surface area contributed by atoms with Gasteiger partial charge in [0.15, 0.2) is 0 Å². The number of nitrogens with zero attached hydrogens (tertiary/aromatic N) is 1. The first-order chi connectivity index (χ1) is 7.25. The molecule has 0 spiro atoms. The van der Waals surface area contributed by atoms with E-state index in [1.165, 1.54) is 4.90 Å². The molecule has 86 valence electrons. The van der Waals surface area contributed by atoms with E-state index < -0.39 is 0 Å². The standard InChI is InChI=1S/C11H19NO2S/c13-10-6-5-7-11(14)12(10)8-3-1-2-4-9-15/h15H,1-9H2. The van der Waals surface area contributed by atoms with Crippen molar-refractivity contribution in [3.05, 3.63) is 0 Å². The van der Waals surface area contributed by atoms with Gasteiger partial charge in [0.1, 0.15) is 0 Å². The van der Waals surface area contributed by atoms with Crippen molar-refractivity contribution < 1.29 is 9.59 Å². The van der Waals surface area contributed by atoms with Crippen LogP contribution in [0.3, 0.4) is 0 Å². The fourth-order valence-corrected chi connectivity index (χ4v) is 2.01. The summed E-state index contributed by atoms with van der Waals surface area (Å²) in [7, 11) is 0. The highest BCUT2D eigenvalue weighted by Gasteiger charge is 2.24. The number of unbranched alkanes of at least 4 members (excludes halogenated alkanes) is 3. The molecule has 1 fully saturated rings. The number of imide groups is 1. The van der Waals surface area contributed by atoms with Crippen molar-refractivity contribution >= 4 is 24.4 Å². The van der Waals surface area contributed by atoms with Gasteiger partial charge in [0.2, 0.25) is 11.8 Å². The number of rotatable bonds is 6. The maximum absolute atomic E-state index is 11.4. The monoisotopic (exact) mass is 229 g/mol. The predicted molar refractivity (Wildman–Crippen MR) is 62.9 cm³/mol. The molecule has 1 saturated heterocycles. The lowest BCUT2D eigenvalue weighted by molar-refractivity contribution is -0.147. The van der Waals surface area contributed by atoms with Crippen molar-refractivity contribution in [2.75, 3.05) is 12.3 Å². The first kappa shape index (κ1) is 12.6. The number of amides is 2. The van der Waals surface area contributed by atoms with Gasteiger partial charge in [-0.05, 0) is 25.0 Å². The molecule has 1 rings (SSSR count). The molecule has 15 heavy (non-hydrogen) atoms. The van der Waals surface area contributed by atoms with Crippen molar-refractivity contribution in [1.82, 2.24) is 4.90 Å². The van der Waals surface area contributed by atoms with Crippen LogP contribution in [-0.4, -0.2) is 29.0 Å². The van der Waals surface area contributed by atoms with Gasteiger partial charge in [0, 0.05) is 19.4 Å². The van der Waals surface area contributed by atoms with Crippen LogP contribution in [0.2, 0.25) is 0 Å². The molecule has 0 saturated carbocycles. The minimum atomic E-state index is 0.0143. The summed E-state index contributed by atoms with van der Waals surface area (Å²) in [5, 5.41) is 0. The summed E-state index contributed by atoms with van der Waals surface area (Å²) in [6.07, 6.45) is 6.09. The minimum Gasteiger partial charge on any atom is -0.283 e. The summed E-state index contributed by atoms with van der Waals surface area (Å²) in [6, 6.07) is 0. The molecule has 4 heteroatoms. The lowest BCUT2D eigenvalue weighted by atomic mass is 10.1. The summed E-state index contributed by atoms with van der Waals surface area (Å²) in [4.78, 5) is 24.3. The molecule has 0 unspecified atom stereocenters. The van der Waals surface area contributed by atoms with Crippen molar-refractivity contribution in [1.29, 1.82) is 0 Å². The van der Waals surface area contributed by atoms with Gasteiger partial charge in [0.05, 0.1) is 0 Å². The van der Waals surface area contributed by atoms with Crippen LogP contribution in [0, 0.1) is 0 Å². The average molecular weight is 229 g/mol. The Kier molecular flexibility index (Phi) is 5.76. The number of carbonyl (C=O) groups is 2. The smallest absolute Gasteiger partial charge is 0.229 e. The zero-order valence-corrected chi connectivity index (χ0v) is 9.97. The predicted octanol–water partition coefficient (Wildman–Crippen LogP) is 2.02. The molecule has 1 aliphatic rings. The Morgan fingerprint density at radius 2 is 1.60 bits per heavy atom. The summed E-state index contributed by atoms with van der Waals surface area (Å²) < 4.78 is 0. The molecular weight excluding hydrogens is 210 g/mol. The highest BCUT2D eigenvalue weighted by molar-refractivity contribution is 7.80. The molecule has 3 nitrogen and oxygen atoms in total. The van der Waals surface area contributed by atoms with E-state index in [0.717, 1.165) is 37.9 Å². The third kappa shape index (κ3) is 4.24. The van der Waals surface area contributed by atoms with E-state index in [2.05, 4.69) is 12.6 Å². The van der Waals surface area contributed by atoms with Gasteiger partial charge >= 0.3 is 0 Å². The number of carbonyl (C=O) groups excluding carboxylic acids is 2. The highest BCUT2D eigenvalue weighted by atomic mass is 32.1. The van der Waals surface area contributed by atoms with Crippen LogP contribution >= 0.6 is 12.6 Å². The second-order valence-corrected chi connectivity index (χ2v) is 4.38. The molecule has 0 N–H and O–H groups in total. The molecule has 0 aromatic carbocycles. The summed E-state index contributed by atoms with van der Waals surface area (Å²) in [5.41, 5.74) is 0. The molecule has 0 atom stereocenters. The van der Waals surface area contributed by atoms with Gasteiger partial charge in [-0.25, -0.2) is 0 Å². The maximum Gasteiger partial charge on any atom is 0.229 e. The Morgan fingerprint density at radius 3 is 2.20 bits per heavy atom. The number of piperidine rings is 1. The minimum absolute atomic E-state index is 0.0143. The second kappa shape index (κ2) is 6.88. The fraction of sp³-hybridized carbons (Fsp3) is 0.818. The van der Waals surface area contributed by atoms with Gasteiger partial charge < -0.3 is 0 Å². The molecule has 2 amide bonds.